The standard InChI is InChI=1S/C10H19N5/c1-8(2)15-13-10(12-14-15)7-9-3-5-11-6-4-9/h8-9,11H,3-7H2,1-2H3. The molecule has 1 aliphatic rings. The highest BCUT2D eigenvalue weighted by Crippen LogP contribution is 2.15. The van der Waals surface area contributed by atoms with Gasteiger partial charge in [-0.1, -0.05) is 0 Å². The third kappa shape index (κ3) is 2.75. The summed E-state index contributed by atoms with van der Waals surface area (Å²) < 4.78 is 0. The zero-order chi connectivity index (χ0) is 10.7. The van der Waals surface area contributed by atoms with E-state index in [1.54, 1.807) is 4.80 Å². The van der Waals surface area contributed by atoms with E-state index in [1.807, 2.05) is 0 Å². The van der Waals surface area contributed by atoms with Gasteiger partial charge < -0.3 is 5.32 Å². The Hall–Kier alpha value is -0.970. The van der Waals surface area contributed by atoms with Crippen LogP contribution < -0.4 is 5.32 Å². The molecule has 0 unspecified atom stereocenters. The number of tetrazole rings is 1. The van der Waals surface area contributed by atoms with Crippen LogP contribution in [-0.2, 0) is 6.42 Å². The number of piperidine rings is 1. The Kier molecular flexibility index (Phi) is 3.30. The lowest BCUT2D eigenvalue weighted by atomic mass is 9.94. The highest BCUT2D eigenvalue weighted by atomic mass is 15.6. The van der Waals surface area contributed by atoms with Crippen molar-refractivity contribution in [3.05, 3.63) is 5.82 Å². The zero-order valence-corrected chi connectivity index (χ0v) is 9.48. The average Bonchev–Trinajstić information content (AvgIpc) is 2.68. The lowest BCUT2D eigenvalue weighted by Crippen LogP contribution is -2.28. The maximum absolute atomic E-state index is 4.38. The Labute approximate surface area is 90.2 Å². The summed E-state index contributed by atoms with van der Waals surface area (Å²) in [6.07, 6.45) is 3.45. The molecule has 0 atom stereocenters. The van der Waals surface area contributed by atoms with Crippen LogP contribution in [0.15, 0.2) is 0 Å². The van der Waals surface area contributed by atoms with Crippen molar-refractivity contribution in [3.8, 4) is 0 Å². The van der Waals surface area contributed by atoms with Crippen molar-refractivity contribution in [1.29, 1.82) is 0 Å². The van der Waals surface area contributed by atoms with Gasteiger partial charge in [0, 0.05) is 6.42 Å². The van der Waals surface area contributed by atoms with Gasteiger partial charge in [0.25, 0.3) is 0 Å². The van der Waals surface area contributed by atoms with Gasteiger partial charge >= 0.3 is 0 Å². The molecule has 1 N–H and O–H groups in total. The third-order valence-corrected chi connectivity index (χ3v) is 2.86. The monoisotopic (exact) mass is 209 g/mol. The normalized spacial score (nSPS) is 18.6. The van der Waals surface area contributed by atoms with Crippen molar-refractivity contribution >= 4 is 0 Å². The average molecular weight is 209 g/mol. The number of hydrogen-bond donors (Lipinski definition) is 1. The minimum absolute atomic E-state index is 0.305. The fourth-order valence-electron chi connectivity index (χ4n) is 1.90. The van der Waals surface area contributed by atoms with Crippen LogP contribution in [0.1, 0.15) is 38.6 Å². The highest BCUT2D eigenvalue weighted by molar-refractivity contribution is 4.83. The molecule has 0 aromatic carbocycles. The summed E-state index contributed by atoms with van der Waals surface area (Å²) in [4.78, 5) is 1.69. The van der Waals surface area contributed by atoms with E-state index in [2.05, 4.69) is 34.6 Å². The van der Waals surface area contributed by atoms with E-state index < -0.39 is 0 Å². The lowest BCUT2D eigenvalue weighted by Gasteiger charge is -2.20. The van der Waals surface area contributed by atoms with E-state index in [4.69, 9.17) is 0 Å². The summed E-state index contributed by atoms with van der Waals surface area (Å²) in [6, 6.07) is 0.305. The summed E-state index contributed by atoms with van der Waals surface area (Å²) in [7, 11) is 0. The van der Waals surface area contributed by atoms with Gasteiger partial charge in [0.1, 0.15) is 0 Å². The molecule has 0 saturated carbocycles. The quantitative estimate of drug-likeness (QED) is 0.800. The molecule has 5 nitrogen and oxygen atoms in total. The first-order valence-corrected chi connectivity index (χ1v) is 5.75. The second kappa shape index (κ2) is 4.70. The van der Waals surface area contributed by atoms with Crippen molar-refractivity contribution in [2.24, 2.45) is 5.92 Å². The van der Waals surface area contributed by atoms with E-state index in [0.717, 1.165) is 31.3 Å². The summed E-state index contributed by atoms with van der Waals surface area (Å²) in [5.74, 6) is 1.63. The van der Waals surface area contributed by atoms with E-state index in [1.165, 1.54) is 12.8 Å². The fourth-order valence-corrected chi connectivity index (χ4v) is 1.90. The lowest BCUT2D eigenvalue weighted by molar-refractivity contribution is 0.365. The van der Waals surface area contributed by atoms with Gasteiger partial charge in [-0.15, -0.1) is 10.2 Å². The maximum Gasteiger partial charge on any atom is 0.175 e. The third-order valence-electron chi connectivity index (χ3n) is 2.86. The van der Waals surface area contributed by atoms with Crippen LogP contribution in [0.2, 0.25) is 0 Å². The second-order valence-corrected chi connectivity index (χ2v) is 4.52. The first kappa shape index (κ1) is 10.5. The first-order chi connectivity index (χ1) is 7.25. The number of nitrogens with one attached hydrogen (secondary N) is 1. The molecular weight excluding hydrogens is 190 g/mol. The van der Waals surface area contributed by atoms with E-state index in [9.17, 15) is 0 Å². The summed E-state index contributed by atoms with van der Waals surface area (Å²) in [6.45, 7) is 6.39. The van der Waals surface area contributed by atoms with Crippen LogP contribution in [-0.4, -0.2) is 33.3 Å². The van der Waals surface area contributed by atoms with Crippen LogP contribution >= 0.6 is 0 Å². The van der Waals surface area contributed by atoms with E-state index in [0.29, 0.717) is 6.04 Å². The van der Waals surface area contributed by atoms with Crippen molar-refractivity contribution in [2.75, 3.05) is 13.1 Å². The topological polar surface area (TPSA) is 55.6 Å². The van der Waals surface area contributed by atoms with Crippen molar-refractivity contribution in [2.45, 2.75) is 39.2 Å². The van der Waals surface area contributed by atoms with Gasteiger partial charge in [-0.2, -0.15) is 4.80 Å². The molecule has 0 radical (unpaired) electrons. The molecule has 5 heteroatoms. The molecule has 0 spiro atoms. The Morgan fingerprint density at radius 3 is 2.73 bits per heavy atom. The number of rotatable bonds is 3. The molecule has 1 aliphatic heterocycles. The van der Waals surface area contributed by atoms with Crippen LogP contribution in [0.3, 0.4) is 0 Å². The molecule has 84 valence electrons. The van der Waals surface area contributed by atoms with Gasteiger partial charge in [-0.25, -0.2) is 0 Å². The molecule has 1 saturated heterocycles. The molecule has 15 heavy (non-hydrogen) atoms. The summed E-state index contributed by atoms with van der Waals surface area (Å²) >= 11 is 0. The fraction of sp³-hybridized carbons (Fsp3) is 0.900. The Bertz CT molecular complexity index is 301. The molecule has 0 bridgehead atoms. The van der Waals surface area contributed by atoms with Gasteiger partial charge in [0.2, 0.25) is 0 Å². The Morgan fingerprint density at radius 1 is 1.40 bits per heavy atom. The van der Waals surface area contributed by atoms with E-state index in [-0.39, 0.29) is 0 Å². The van der Waals surface area contributed by atoms with E-state index >= 15 is 0 Å². The highest BCUT2D eigenvalue weighted by Gasteiger charge is 2.16. The van der Waals surface area contributed by atoms with Crippen molar-refractivity contribution in [1.82, 2.24) is 25.5 Å². The van der Waals surface area contributed by atoms with Crippen LogP contribution in [0.5, 0.6) is 0 Å². The predicted octanol–water partition coefficient (Wildman–Crippen LogP) is 0.796. The smallest absolute Gasteiger partial charge is 0.175 e. The van der Waals surface area contributed by atoms with Gasteiger partial charge in [-0.05, 0) is 50.9 Å². The predicted molar refractivity (Wildman–Crippen MR) is 57.5 cm³/mol. The van der Waals surface area contributed by atoms with Crippen molar-refractivity contribution in [3.63, 3.8) is 0 Å². The van der Waals surface area contributed by atoms with Crippen LogP contribution in [0.25, 0.3) is 0 Å². The van der Waals surface area contributed by atoms with Gasteiger partial charge in [0.05, 0.1) is 6.04 Å². The van der Waals surface area contributed by atoms with Crippen molar-refractivity contribution < 1.29 is 0 Å². The molecule has 2 heterocycles. The van der Waals surface area contributed by atoms with Gasteiger partial charge in [0.15, 0.2) is 5.82 Å². The van der Waals surface area contributed by atoms with Crippen LogP contribution in [0.4, 0.5) is 0 Å². The number of aromatic nitrogens is 4. The molecule has 0 amide bonds. The number of nitrogens with zero attached hydrogens (tertiary/aromatic N) is 4. The summed E-state index contributed by atoms with van der Waals surface area (Å²) in [5.41, 5.74) is 0. The molecule has 1 fully saturated rings. The van der Waals surface area contributed by atoms with Crippen LogP contribution in [0, 0.1) is 5.92 Å². The summed E-state index contributed by atoms with van der Waals surface area (Å²) in [5, 5.41) is 15.9. The molecule has 0 aliphatic carbocycles. The minimum Gasteiger partial charge on any atom is -0.317 e. The first-order valence-electron chi connectivity index (χ1n) is 5.75. The molecule has 1 aromatic heterocycles. The Balaban J connectivity index is 1.91. The molecule has 1 aromatic rings. The number of hydrogen-bond acceptors (Lipinski definition) is 4. The largest absolute Gasteiger partial charge is 0.317 e. The van der Waals surface area contributed by atoms with Gasteiger partial charge in [-0.3, -0.25) is 0 Å². The molecule has 2 rings (SSSR count). The second-order valence-electron chi connectivity index (χ2n) is 4.52. The SMILES string of the molecule is CC(C)n1nnc(CC2CCNCC2)n1. The zero-order valence-electron chi connectivity index (χ0n) is 9.48. The minimum atomic E-state index is 0.305. The maximum atomic E-state index is 4.38. The Morgan fingerprint density at radius 2 is 2.13 bits per heavy atom. The molecular formula is C10H19N5.